The Morgan fingerprint density at radius 2 is 0.956 bits per heavy atom. The SMILES string of the molecule is C/C=C/C(C)C[C@@H]1O[C@H](COCc2ccccc2)[C@@H](OCc2ccccc2)[C@H](OCc2ccccc2)[C@H]1OCc1ccccc1. The van der Waals surface area contributed by atoms with Crippen molar-refractivity contribution in [3.8, 4) is 0 Å². The Balaban J connectivity index is 1.44. The lowest BCUT2D eigenvalue weighted by atomic mass is 9.89. The largest absolute Gasteiger partial charge is 0.374 e. The van der Waals surface area contributed by atoms with Crippen molar-refractivity contribution in [3.63, 3.8) is 0 Å². The molecule has 5 heteroatoms. The van der Waals surface area contributed by atoms with E-state index in [4.69, 9.17) is 23.7 Å². The van der Waals surface area contributed by atoms with Crippen molar-refractivity contribution in [3.05, 3.63) is 156 Å². The van der Waals surface area contributed by atoms with Gasteiger partial charge in [0.1, 0.15) is 24.4 Å². The van der Waals surface area contributed by atoms with E-state index >= 15 is 0 Å². The quantitative estimate of drug-likeness (QED) is 0.120. The fourth-order valence-corrected chi connectivity index (χ4v) is 5.85. The van der Waals surface area contributed by atoms with Crippen LogP contribution in [0.2, 0.25) is 0 Å². The lowest BCUT2D eigenvalue weighted by Gasteiger charge is -2.47. The number of hydrogen-bond donors (Lipinski definition) is 0. The fourth-order valence-electron chi connectivity index (χ4n) is 5.85. The maximum absolute atomic E-state index is 6.94. The highest BCUT2D eigenvalue weighted by Gasteiger charge is 2.48. The first-order chi connectivity index (χ1) is 22.2. The number of benzene rings is 4. The molecule has 0 bridgehead atoms. The van der Waals surface area contributed by atoms with E-state index in [-0.39, 0.29) is 24.4 Å². The average molecular weight is 607 g/mol. The van der Waals surface area contributed by atoms with Crippen LogP contribution in [0.5, 0.6) is 0 Å². The van der Waals surface area contributed by atoms with Gasteiger partial charge in [-0.05, 0) is 41.5 Å². The Bertz CT molecular complexity index is 1380. The average Bonchev–Trinajstić information content (AvgIpc) is 3.08. The van der Waals surface area contributed by atoms with Gasteiger partial charge in [0, 0.05) is 0 Å². The Labute approximate surface area is 268 Å². The summed E-state index contributed by atoms with van der Waals surface area (Å²) in [5.41, 5.74) is 4.42. The summed E-state index contributed by atoms with van der Waals surface area (Å²) in [5, 5.41) is 0. The number of rotatable bonds is 16. The molecule has 5 nitrogen and oxygen atoms in total. The topological polar surface area (TPSA) is 46.2 Å². The molecule has 236 valence electrons. The van der Waals surface area contributed by atoms with Gasteiger partial charge < -0.3 is 23.7 Å². The van der Waals surface area contributed by atoms with Crippen LogP contribution in [0.1, 0.15) is 42.5 Å². The Morgan fingerprint density at radius 1 is 0.556 bits per heavy atom. The maximum atomic E-state index is 6.94. The summed E-state index contributed by atoms with van der Waals surface area (Å²) in [4.78, 5) is 0. The van der Waals surface area contributed by atoms with Gasteiger partial charge in [-0.25, -0.2) is 0 Å². The van der Waals surface area contributed by atoms with E-state index in [1.54, 1.807) is 0 Å². The van der Waals surface area contributed by atoms with E-state index < -0.39 is 6.10 Å². The second-order valence-corrected chi connectivity index (χ2v) is 11.7. The summed E-state index contributed by atoms with van der Waals surface area (Å²) in [7, 11) is 0. The summed E-state index contributed by atoms with van der Waals surface area (Å²) in [6.45, 7) is 6.47. The van der Waals surface area contributed by atoms with Gasteiger partial charge in [0.05, 0.1) is 39.1 Å². The van der Waals surface area contributed by atoms with Crippen LogP contribution in [0, 0.1) is 5.92 Å². The van der Waals surface area contributed by atoms with Crippen molar-refractivity contribution >= 4 is 0 Å². The maximum Gasteiger partial charge on any atom is 0.115 e. The summed E-state index contributed by atoms with van der Waals surface area (Å²) in [5.74, 6) is 0.297. The van der Waals surface area contributed by atoms with Crippen molar-refractivity contribution < 1.29 is 23.7 Å². The highest BCUT2D eigenvalue weighted by Crippen LogP contribution is 2.34. The Morgan fingerprint density at radius 3 is 1.40 bits per heavy atom. The van der Waals surface area contributed by atoms with Gasteiger partial charge >= 0.3 is 0 Å². The molecule has 0 spiro atoms. The molecule has 45 heavy (non-hydrogen) atoms. The van der Waals surface area contributed by atoms with Crippen molar-refractivity contribution in [2.24, 2.45) is 5.92 Å². The molecule has 0 amide bonds. The monoisotopic (exact) mass is 606 g/mol. The second-order valence-electron chi connectivity index (χ2n) is 11.7. The van der Waals surface area contributed by atoms with E-state index in [9.17, 15) is 0 Å². The van der Waals surface area contributed by atoms with E-state index in [2.05, 4.69) is 74.5 Å². The molecule has 1 saturated heterocycles. The molecular weight excluding hydrogens is 560 g/mol. The third-order valence-electron chi connectivity index (χ3n) is 8.10. The van der Waals surface area contributed by atoms with E-state index in [1.165, 1.54) is 0 Å². The lowest BCUT2D eigenvalue weighted by Crippen LogP contribution is -2.61. The molecule has 1 unspecified atom stereocenters. The highest BCUT2D eigenvalue weighted by molar-refractivity contribution is 5.16. The molecule has 0 aromatic heterocycles. The van der Waals surface area contributed by atoms with Crippen molar-refractivity contribution in [1.29, 1.82) is 0 Å². The van der Waals surface area contributed by atoms with E-state index in [0.717, 1.165) is 28.7 Å². The van der Waals surface area contributed by atoms with Gasteiger partial charge in [-0.2, -0.15) is 0 Å². The summed E-state index contributed by atoms with van der Waals surface area (Å²) in [6.07, 6.45) is 3.38. The number of ether oxygens (including phenoxy) is 5. The van der Waals surface area contributed by atoms with E-state index in [0.29, 0.717) is 39.0 Å². The fraction of sp³-hybridized carbons (Fsp3) is 0.350. The molecular formula is C40H46O5. The molecule has 5 rings (SSSR count). The first-order valence-electron chi connectivity index (χ1n) is 16.1. The van der Waals surface area contributed by atoms with Crippen LogP contribution in [0.25, 0.3) is 0 Å². The van der Waals surface area contributed by atoms with Crippen molar-refractivity contribution in [2.45, 2.75) is 77.2 Å². The summed E-state index contributed by atoms with van der Waals surface area (Å²) >= 11 is 0. The minimum Gasteiger partial charge on any atom is -0.374 e. The van der Waals surface area contributed by atoms with Gasteiger partial charge in [0.15, 0.2) is 0 Å². The van der Waals surface area contributed by atoms with Crippen LogP contribution in [-0.2, 0) is 50.1 Å². The van der Waals surface area contributed by atoms with E-state index in [1.807, 2.05) is 72.8 Å². The molecule has 0 N–H and O–H groups in total. The molecule has 1 aliphatic heterocycles. The molecule has 1 aliphatic rings. The smallest absolute Gasteiger partial charge is 0.115 e. The van der Waals surface area contributed by atoms with Crippen molar-refractivity contribution in [1.82, 2.24) is 0 Å². The molecule has 0 saturated carbocycles. The summed E-state index contributed by atoms with van der Waals surface area (Å²) in [6, 6.07) is 41.0. The van der Waals surface area contributed by atoms with Crippen LogP contribution in [0.3, 0.4) is 0 Å². The normalized spacial score (nSPS) is 22.4. The minimum absolute atomic E-state index is 0.220. The van der Waals surface area contributed by atoms with Gasteiger partial charge in [-0.3, -0.25) is 0 Å². The first kappa shape index (κ1) is 32.8. The van der Waals surface area contributed by atoms with Crippen LogP contribution in [0.4, 0.5) is 0 Å². The standard InChI is InChI=1S/C40H46O5/c1-3-16-31(2)25-36-38(42-27-33-19-10-5-11-20-33)40(44-29-35-23-14-7-15-24-35)39(43-28-34-21-12-6-13-22-34)37(45-36)30-41-26-32-17-8-4-9-18-32/h3-24,31,36-40H,25-30H2,1-2H3/b16-3+/t31?,36-,37+,38-,39+,40+/m0/s1. The molecule has 6 atom stereocenters. The number of allylic oxidation sites excluding steroid dienone is 2. The zero-order valence-corrected chi connectivity index (χ0v) is 26.4. The third kappa shape index (κ3) is 10.2. The van der Waals surface area contributed by atoms with Crippen LogP contribution in [0.15, 0.2) is 133 Å². The number of hydrogen-bond acceptors (Lipinski definition) is 5. The molecule has 1 fully saturated rings. The summed E-state index contributed by atoms with van der Waals surface area (Å²) < 4.78 is 33.6. The predicted octanol–water partition coefficient (Wildman–Crippen LogP) is 8.33. The highest BCUT2D eigenvalue weighted by atomic mass is 16.6. The van der Waals surface area contributed by atoms with Crippen LogP contribution < -0.4 is 0 Å². The Hall–Kier alpha value is -3.58. The minimum atomic E-state index is -0.418. The molecule has 4 aromatic rings. The lowest BCUT2D eigenvalue weighted by molar-refractivity contribution is -0.274. The van der Waals surface area contributed by atoms with Gasteiger partial charge in [-0.15, -0.1) is 0 Å². The molecule has 0 radical (unpaired) electrons. The van der Waals surface area contributed by atoms with Gasteiger partial charge in [-0.1, -0.05) is 140 Å². The van der Waals surface area contributed by atoms with Crippen LogP contribution in [-0.4, -0.2) is 37.1 Å². The zero-order valence-electron chi connectivity index (χ0n) is 26.4. The predicted molar refractivity (Wildman–Crippen MR) is 178 cm³/mol. The third-order valence-corrected chi connectivity index (χ3v) is 8.10. The Kier molecular flexibility index (Phi) is 13.0. The first-order valence-corrected chi connectivity index (χ1v) is 16.1. The molecule has 4 aromatic carbocycles. The van der Waals surface area contributed by atoms with Crippen molar-refractivity contribution in [2.75, 3.05) is 6.61 Å². The van der Waals surface area contributed by atoms with Gasteiger partial charge in [0.25, 0.3) is 0 Å². The second kappa shape index (κ2) is 17.8. The molecule has 1 heterocycles. The van der Waals surface area contributed by atoms with Gasteiger partial charge in [0.2, 0.25) is 0 Å². The van der Waals surface area contributed by atoms with Crippen LogP contribution >= 0.6 is 0 Å². The zero-order chi connectivity index (χ0) is 31.1. The molecule has 0 aliphatic carbocycles.